The summed E-state index contributed by atoms with van der Waals surface area (Å²) in [7, 11) is 1.52. The van der Waals surface area contributed by atoms with Crippen LogP contribution in [0.3, 0.4) is 0 Å². The quantitative estimate of drug-likeness (QED) is 0.471. The summed E-state index contributed by atoms with van der Waals surface area (Å²) in [5.74, 6) is 0.491. The monoisotopic (exact) mass is 567 g/mol. The van der Waals surface area contributed by atoms with Crippen molar-refractivity contribution in [2.24, 2.45) is 9.98 Å². The van der Waals surface area contributed by atoms with Crippen molar-refractivity contribution in [2.75, 3.05) is 18.2 Å². The standard InChI is InChI=1S/C28H30ClN5O4S/c1-38-23-13-11-18(15-20(23)29)31-25(36)16-39-28-33-21-10-6-5-9-19(21)26-32-22(27(37)34(26)28)12-14-24(35)30-17-7-3-2-4-8-17/h5-6,9-11,13,15,17,22H,2-4,7-8,12,14,16H2,1H3,(H,30,35)(H,31,36)/t22-/m1/s1. The van der Waals surface area contributed by atoms with E-state index in [4.69, 9.17) is 21.3 Å². The highest BCUT2D eigenvalue weighted by Gasteiger charge is 2.41. The lowest BCUT2D eigenvalue weighted by atomic mass is 9.95. The molecule has 3 amide bonds. The number of ether oxygens (including phenoxy) is 1. The lowest BCUT2D eigenvalue weighted by molar-refractivity contribution is -0.125. The molecular weight excluding hydrogens is 538 g/mol. The van der Waals surface area contributed by atoms with E-state index in [-0.39, 0.29) is 35.9 Å². The van der Waals surface area contributed by atoms with Crippen LogP contribution in [0.1, 0.15) is 50.5 Å². The Labute approximate surface area is 236 Å². The predicted octanol–water partition coefficient (Wildman–Crippen LogP) is 4.91. The largest absolute Gasteiger partial charge is 0.495 e. The molecule has 1 fully saturated rings. The molecule has 2 aromatic carbocycles. The number of benzene rings is 2. The molecule has 0 bridgehead atoms. The second-order valence-electron chi connectivity index (χ2n) is 9.68. The molecule has 39 heavy (non-hydrogen) atoms. The zero-order chi connectivity index (χ0) is 27.4. The van der Waals surface area contributed by atoms with Gasteiger partial charge in [0, 0.05) is 23.7 Å². The molecule has 11 heteroatoms. The number of para-hydroxylation sites is 1. The molecule has 1 aliphatic carbocycles. The maximum absolute atomic E-state index is 13.5. The van der Waals surface area contributed by atoms with Crippen molar-refractivity contribution in [2.45, 2.75) is 57.0 Å². The highest BCUT2D eigenvalue weighted by molar-refractivity contribution is 8.14. The third-order valence-electron chi connectivity index (χ3n) is 6.93. The van der Waals surface area contributed by atoms with Crippen molar-refractivity contribution in [1.82, 2.24) is 10.2 Å². The number of fused-ring (bicyclic) bond motifs is 3. The number of thioether (sulfide) groups is 1. The van der Waals surface area contributed by atoms with Gasteiger partial charge in [0.2, 0.25) is 11.8 Å². The molecule has 5 rings (SSSR count). The zero-order valence-corrected chi connectivity index (χ0v) is 23.2. The maximum Gasteiger partial charge on any atom is 0.259 e. The topological polar surface area (TPSA) is 112 Å². The normalized spacial score (nSPS) is 18.6. The van der Waals surface area contributed by atoms with Crippen molar-refractivity contribution in [3.05, 3.63) is 53.1 Å². The molecule has 1 atom stereocenters. The first kappa shape index (κ1) is 27.2. The van der Waals surface area contributed by atoms with Gasteiger partial charge < -0.3 is 15.4 Å². The molecule has 0 unspecified atom stereocenters. The number of rotatable bonds is 8. The maximum atomic E-state index is 13.5. The van der Waals surface area contributed by atoms with E-state index >= 15 is 0 Å². The molecule has 2 heterocycles. The molecule has 0 radical (unpaired) electrons. The fourth-order valence-corrected chi connectivity index (χ4v) is 6.03. The fourth-order valence-electron chi connectivity index (χ4n) is 4.97. The van der Waals surface area contributed by atoms with Gasteiger partial charge in [0.05, 0.1) is 23.6 Å². The van der Waals surface area contributed by atoms with Gasteiger partial charge in [-0.3, -0.25) is 19.4 Å². The van der Waals surface area contributed by atoms with Gasteiger partial charge in [0.25, 0.3) is 5.91 Å². The first-order valence-electron chi connectivity index (χ1n) is 13.1. The number of nitrogens with zero attached hydrogens (tertiary/aromatic N) is 3. The van der Waals surface area contributed by atoms with Crippen LogP contribution in [0.2, 0.25) is 5.02 Å². The van der Waals surface area contributed by atoms with E-state index in [1.807, 2.05) is 24.3 Å². The first-order valence-corrected chi connectivity index (χ1v) is 14.4. The Balaban J connectivity index is 1.24. The number of amidine groups is 2. The first-order chi connectivity index (χ1) is 18.9. The van der Waals surface area contributed by atoms with Crippen LogP contribution in [0.4, 0.5) is 11.4 Å². The molecule has 204 valence electrons. The van der Waals surface area contributed by atoms with Gasteiger partial charge in [0.15, 0.2) is 5.17 Å². The van der Waals surface area contributed by atoms with Crippen molar-refractivity contribution in [3.63, 3.8) is 0 Å². The summed E-state index contributed by atoms with van der Waals surface area (Å²) in [6.45, 7) is 0. The van der Waals surface area contributed by atoms with Crippen molar-refractivity contribution in [3.8, 4) is 5.75 Å². The number of hydrogen-bond acceptors (Lipinski definition) is 7. The van der Waals surface area contributed by atoms with Crippen LogP contribution in [0.25, 0.3) is 0 Å². The summed E-state index contributed by atoms with van der Waals surface area (Å²) < 4.78 is 5.15. The summed E-state index contributed by atoms with van der Waals surface area (Å²) >= 11 is 7.32. The molecule has 9 nitrogen and oxygen atoms in total. The molecular formula is C28H30ClN5O4S. The molecule has 1 saturated carbocycles. The van der Waals surface area contributed by atoms with Crippen molar-refractivity contribution >= 4 is 63.5 Å². The van der Waals surface area contributed by atoms with E-state index in [9.17, 15) is 14.4 Å². The van der Waals surface area contributed by atoms with Gasteiger partial charge in [-0.25, -0.2) is 9.89 Å². The number of hydrogen-bond donors (Lipinski definition) is 2. The number of amides is 3. The highest BCUT2D eigenvalue weighted by atomic mass is 35.5. The molecule has 0 saturated heterocycles. The highest BCUT2D eigenvalue weighted by Crippen LogP contribution is 2.34. The van der Waals surface area contributed by atoms with Gasteiger partial charge in [0.1, 0.15) is 17.6 Å². The Kier molecular flexibility index (Phi) is 8.52. The summed E-state index contributed by atoms with van der Waals surface area (Å²) in [5.41, 5.74) is 1.97. The zero-order valence-electron chi connectivity index (χ0n) is 21.6. The second kappa shape index (κ2) is 12.2. The summed E-state index contributed by atoms with van der Waals surface area (Å²) in [4.78, 5) is 49.6. The smallest absolute Gasteiger partial charge is 0.259 e. The minimum Gasteiger partial charge on any atom is -0.495 e. The number of anilines is 1. The van der Waals surface area contributed by atoms with Crippen LogP contribution >= 0.6 is 23.4 Å². The third kappa shape index (κ3) is 6.28. The van der Waals surface area contributed by atoms with Crippen LogP contribution in [0.5, 0.6) is 5.75 Å². The minimum absolute atomic E-state index is 0.0240. The van der Waals surface area contributed by atoms with Gasteiger partial charge >= 0.3 is 0 Å². The molecule has 0 spiro atoms. The Morgan fingerprint density at radius 2 is 1.92 bits per heavy atom. The van der Waals surface area contributed by atoms with E-state index in [0.29, 0.717) is 39.6 Å². The van der Waals surface area contributed by atoms with E-state index in [1.165, 1.54) is 18.4 Å². The van der Waals surface area contributed by atoms with Gasteiger partial charge in [-0.2, -0.15) is 0 Å². The van der Waals surface area contributed by atoms with E-state index < -0.39 is 6.04 Å². The number of aliphatic imine (C=N–C) groups is 2. The predicted molar refractivity (Wildman–Crippen MR) is 154 cm³/mol. The third-order valence-corrected chi connectivity index (χ3v) is 8.16. The average molecular weight is 568 g/mol. The Hall–Kier alpha value is -3.37. The number of halogens is 1. The van der Waals surface area contributed by atoms with Gasteiger partial charge in [-0.1, -0.05) is 54.8 Å². The number of carbonyl (C=O) groups is 3. The van der Waals surface area contributed by atoms with Crippen LogP contribution in [0.15, 0.2) is 52.4 Å². The summed E-state index contributed by atoms with van der Waals surface area (Å²) in [6.07, 6.45) is 6.06. The molecule has 3 aliphatic rings. The van der Waals surface area contributed by atoms with Crippen LogP contribution in [-0.2, 0) is 14.4 Å². The fraction of sp³-hybridized carbons (Fsp3) is 0.393. The van der Waals surface area contributed by atoms with E-state index in [0.717, 1.165) is 43.0 Å². The van der Waals surface area contributed by atoms with Crippen LogP contribution in [-0.4, -0.2) is 58.6 Å². The number of methoxy groups -OCH3 is 1. The summed E-state index contributed by atoms with van der Waals surface area (Å²) in [6, 6.07) is 12.0. The van der Waals surface area contributed by atoms with Crippen molar-refractivity contribution in [1.29, 1.82) is 0 Å². The van der Waals surface area contributed by atoms with Gasteiger partial charge in [-0.15, -0.1) is 0 Å². The summed E-state index contributed by atoms with van der Waals surface area (Å²) in [5, 5.41) is 6.68. The molecule has 2 aromatic rings. The SMILES string of the molecule is COc1ccc(NC(=O)CSC2=Nc3ccccc3C3=N[C@H](CCC(=O)NC4CCCCC4)C(=O)N23)cc1Cl. The Morgan fingerprint density at radius 3 is 2.69 bits per heavy atom. The number of nitrogens with one attached hydrogen (secondary N) is 2. The van der Waals surface area contributed by atoms with E-state index in [2.05, 4.69) is 15.6 Å². The van der Waals surface area contributed by atoms with Crippen LogP contribution in [0, 0.1) is 0 Å². The minimum atomic E-state index is -0.677. The van der Waals surface area contributed by atoms with Gasteiger partial charge in [-0.05, 0) is 49.6 Å². The lowest BCUT2D eigenvalue weighted by Gasteiger charge is -2.25. The lowest BCUT2D eigenvalue weighted by Crippen LogP contribution is -2.42. The molecule has 2 N–H and O–H groups in total. The van der Waals surface area contributed by atoms with Crippen LogP contribution < -0.4 is 15.4 Å². The Bertz CT molecular complexity index is 1340. The van der Waals surface area contributed by atoms with E-state index in [1.54, 1.807) is 18.2 Å². The molecule has 2 aliphatic heterocycles. The Morgan fingerprint density at radius 1 is 1.13 bits per heavy atom. The van der Waals surface area contributed by atoms with Crippen molar-refractivity contribution < 1.29 is 19.1 Å². The molecule has 0 aromatic heterocycles. The average Bonchev–Trinajstić information content (AvgIpc) is 3.28. The number of carbonyl (C=O) groups excluding carboxylic acids is 3. The second-order valence-corrected chi connectivity index (χ2v) is 11.0.